The van der Waals surface area contributed by atoms with Gasteiger partial charge in [-0.2, -0.15) is 5.26 Å². The summed E-state index contributed by atoms with van der Waals surface area (Å²) in [7, 11) is 2.85. The maximum Gasteiger partial charge on any atom is 0.347 e. The lowest BCUT2D eigenvalue weighted by atomic mass is 10.2. The topological polar surface area (TPSA) is 68.5 Å². The highest BCUT2D eigenvalue weighted by molar-refractivity contribution is 5.75. The largest absolute Gasteiger partial charge is 0.497 e. The molecule has 5 heteroatoms. The molecule has 0 spiro atoms. The number of nitriles is 1. The minimum Gasteiger partial charge on any atom is -0.497 e. The summed E-state index contributed by atoms with van der Waals surface area (Å²) < 4.78 is 15.5. The van der Waals surface area contributed by atoms with Crippen molar-refractivity contribution < 1.29 is 19.0 Å². The Morgan fingerprint density at radius 2 is 2.00 bits per heavy atom. The van der Waals surface area contributed by atoms with Gasteiger partial charge in [0, 0.05) is 12.0 Å². The monoisotopic (exact) mass is 261 g/mol. The van der Waals surface area contributed by atoms with E-state index in [1.165, 1.54) is 14.2 Å². The van der Waals surface area contributed by atoms with E-state index in [9.17, 15) is 4.79 Å². The third kappa shape index (κ3) is 3.16. The van der Waals surface area contributed by atoms with E-state index in [4.69, 9.17) is 19.5 Å². The maximum absolute atomic E-state index is 11.7. The van der Waals surface area contributed by atoms with Crippen LogP contribution in [0.4, 0.5) is 0 Å². The van der Waals surface area contributed by atoms with Crippen LogP contribution in [0.2, 0.25) is 0 Å². The van der Waals surface area contributed by atoms with Gasteiger partial charge in [-0.05, 0) is 25.0 Å². The van der Waals surface area contributed by atoms with Crippen molar-refractivity contribution in [2.75, 3.05) is 14.2 Å². The molecule has 0 aliphatic heterocycles. The predicted octanol–water partition coefficient (Wildman–Crippen LogP) is 1.90. The fourth-order valence-electron chi connectivity index (χ4n) is 1.82. The SMILES string of the molecule is COC(=O)C(Oc1cc(C#N)cc(OC)c1)C1CC1. The van der Waals surface area contributed by atoms with E-state index in [-0.39, 0.29) is 11.9 Å². The van der Waals surface area contributed by atoms with Crippen LogP contribution in [-0.2, 0) is 9.53 Å². The zero-order valence-corrected chi connectivity index (χ0v) is 10.9. The van der Waals surface area contributed by atoms with Crippen LogP contribution in [-0.4, -0.2) is 26.3 Å². The molecule has 0 saturated heterocycles. The molecule has 0 bridgehead atoms. The van der Waals surface area contributed by atoms with Gasteiger partial charge in [-0.25, -0.2) is 4.79 Å². The average molecular weight is 261 g/mol. The normalized spacial score (nSPS) is 15.2. The molecular weight excluding hydrogens is 246 g/mol. The maximum atomic E-state index is 11.7. The summed E-state index contributed by atoms with van der Waals surface area (Å²) in [4.78, 5) is 11.7. The first-order valence-corrected chi connectivity index (χ1v) is 6.01. The van der Waals surface area contributed by atoms with Gasteiger partial charge in [0.1, 0.15) is 11.5 Å². The van der Waals surface area contributed by atoms with Crippen molar-refractivity contribution in [3.05, 3.63) is 23.8 Å². The molecule has 5 nitrogen and oxygen atoms in total. The number of carbonyl (C=O) groups is 1. The lowest BCUT2D eigenvalue weighted by Gasteiger charge is -2.17. The number of hydrogen-bond donors (Lipinski definition) is 0. The third-order valence-electron chi connectivity index (χ3n) is 2.99. The Morgan fingerprint density at radius 1 is 1.32 bits per heavy atom. The van der Waals surface area contributed by atoms with Crippen LogP contribution in [0.1, 0.15) is 18.4 Å². The zero-order chi connectivity index (χ0) is 13.8. The minimum atomic E-state index is -0.608. The van der Waals surface area contributed by atoms with Crippen molar-refractivity contribution in [3.63, 3.8) is 0 Å². The standard InChI is InChI=1S/C14H15NO4/c1-17-11-5-9(8-15)6-12(7-11)19-13(10-3-4-10)14(16)18-2/h5-7,10,13H,3-4H2,1-2H3. The second kappa shape index (κ2) is 5.61. The van der Waals surface area contributed by atoms with E-state index in [1.807, 2.05) is 6.07 Å². The molecule has 1 atom stereocenters. The van der Waals surface area contributed by atoms with Crippen LogP contribution in [0, 0.1) is 17.2 Å². The highest BCUT2D eigenvalue weighted by atomic mass is 16.6. The van der Waals surface area contributed by atoms with Crippen molar-refractivity contribution in [2.45, 2.75) is 18.9 Å². The smallest absolute Gasteiger partial charge is 0.347 e. The summed E-state index contributed by atoms with van der Waals surface area (Å²) in [5.41, 5.74) is 0.425. The lowest BCUT2D eigenvalue weighted by Crippen LogP contribution is -2.30. The van der Waals surface area contributed by atoms with Crippen LogP contribution in [0.15, 0.2) is 18.2 Å². The summed E-state index contributed by atoms with van der Waals surface area (Å²) in [6.45, 7) is 0. The van der Waals surface area contributed by atoms with Crippen LogP contribution < -0.4 is 9.47 Å². The van der Waals surface area contributed by atoms with Gasteiger partial charge in [0.2, 0.25) is 0 Å². The number of ether oxygens (including phenoxy) is 3. The molecule has 1 saturated carbocycles. The van der Waals surface area contributed by atoms with Gasteiger partial charge in [-0.1, -0.05) is 0 Å². The molecule has 1 fully saturated rings. The van der Waals surface area contributed by atoms with Gasteiger partial charge >= 0.3 is 5.97 Å². The molecule has 1 aromatic carbocycles. The van der Waals surface area contributed by atoms with Gasteiger partial charge in [-0.15, -0.1) is 0 Å². The molecule has 0 heterocycles. The third-order valence-corrected chi connectivity index (χ3v) is 2.99. The molecule has 19 heavy (non-hydrogen) atoms. The Morgan fingerprint density at radius 3 is 2.53 bits per heavy atom. The zero-order valence-electron chi connectivity index (χ0n) is 10.9. The molecule has 1 aliphatic rings. The first kappa shape index (κ1) is 13.2. The summed E-state index contributed by atoms with van der Waals surface area (Å²) in [6, 6.07) is 6.87. The molecular formula is C14H15NO4. The quantitative estimate of drug-likeness (QED) is 0.757. The summed E-state index contributed by atoms with van der Waals surface area (Å²) in [5.74, 6) is 0.777. The number of methoxy groups -OCH3 is 2. The Balaban J connectivity index is 2.21. The van der Waals surface area contributed by atoms with Gasteiger partial charge in [-0.3, -0.25) is 0 Å². The molecule has 100 valence electrons. The van der Waals surface area contributed by atoms with Crippen molar-refractivity contribution in [2.24, 2.45) is 5.92 Å². The van der Waals surface area contributed by atoms with Gasteiger partial charge < -0.3 is 14.2 Å². The Kier molecular flexibility index (Phi) is 3.91. The number of nitrogens with zero attached hydrogens (tertiary/aromatic N) is 1. The molecule has 1 aromatic rings. The number of rotatable bonds is 5. The predicted molar refractivity (Wildman–Crippen MR) is 66.9 cm³/mol. The Hall–Kier alpha value is -2.22. The van der Waals surface area contributed by atoms with Gasteiger partial charge in [0.15, 0.2) is 6.10 Å². The van der Waals surface area contributed by atoms with Crippen LogP contribution >= 0.6 is 0 Å². The molecule has 0 radical (unpaired) electrons. The van der Waals surface area contributed by atoms with E-state index in [0.717, 1.165) is 12.8 Å². The number of esters is 1. The summed E-state index contributed by atoms with van der Waals surface area (Å²) in [5, 5.41) is 8.94. The van der Waals surface area contributed by atoms with Gasteiger partial charge in [0.25, 0.3) is 0 Å². The van der Waals surface area contributed by atoms with E-state index in [2.05, 4.69) is 0 Å². The molecule has 0 aromatic heterocycles. The van der Waals surface area contributed by atoms with E-state index in [0.29, 0.717) is 17.1 Å². The molecule has 0 N–H and O–H groups in total. The molecule has 1 unspecified atom stereocenters. The van der Waals surface area contributed by atoms with Crippen LogP contribution in [0.25, 0.3) is 0 Å². The fourth-order valence-corrected chi connectivity index (χ4v) is 1.82. The summed E-state index contributed by atoms with van der Waals surface area (Å²) in [6.07, 6.45) is 1.30. The number of benzene rings is 1. The van der Waals surface area contributed by atoms with Crippen molar-refractivity contribution in [3.8, 4) is 17.6 Å². The summed E-state index contributed by atoms with van der Waals surface area (Å²) >= 11 is 0. The van der Waals surface area contributed by atoms with Crippen molar-refractivity contribution in [1.29, 1.82) is 5.26 Å². The van der Waals surface area contributed by atoms with E-state index >= 15 is 0 Å². The van der Waals surface area contributed by atoms with Crippen molar-refractivity contribution in [1.82, 2.24) is 0 Å². The van der Waals surface area contributed by atoms with Crippen molar-refractivity contribution >= 4 is 5.97 Å². The first-order valence-electron chi connectivity index (χ1n) is 6.01. The Bertz CT molecular complexity index is 517. The molecule has 1 aliphatic carbocycles. The van der Waals surface area contributed by atoms with E-state index in [1.54, 1.807) is 18.2 Å². The Labute approximate surface area is 111 Å². The second-order valence-corrected chi connectivity index (χ2v) is 4.41. The highest BCUT2D eigenvalue weighted by Crippen LogP contribution is 2.36. The average Bonchev–Trinajstić information content (AvgIpc) is 3.27. The fraction of sp³-hybridized carbons (Fsp3) is 0.429. The molecule has 0 amide bonds. The first-order chi connectivity index (χ1) is 9.17. The second-order valence-electron chi connectivity index (χ2n) is 4.41. The van der Waals surface area contributed by atoms with Crippen LogP contribution in [0.5, 0.6) is 11.5 Å². The highest BCUT2D eigenvalue weighted by Gasteiger charge is 2.39. The number of carbonyl (C=O) groups excluding carboxylic acids is 1. The van der Waals surface area contributed by atoms with Gasteiger partial charge in [0.05, 0.1) is 25.9 Å². The minimum absolute atomic E-state index is 0.198. The van der Waals surface area contributed by atoms with Crippen LogP contribution in [0.3, 0.4) is 0 Å². The van der Waals surface area contributed by atoms with E-state index < -0.39 is 6.10 Å². The molecule has 2 rings (SSSR count). The number of hydrogen-bond acceptors (Lipinski definition) is 5. The lowest BCUT2D eigenvalue weighted by molar-refractivity contribution is -0.149.